The third kappa shape index (κ3) is 4.71. The van der Waals surface area contributed by atoms with Crippen LogP contribution >= 0.6 is 24.0 Å². The van der Waals surface area contributed by atoms with Crippen molar-refractivity contribution in [3.63, 3.8) is 0 Å². The lowest BCUT2D eigenvalue weighted by Gasteiger charge is -2.23. The summed E-state index contributed by atoms with van der Waals surface area (Å²) in [5.41, 5.74) is 0. The van der Waals surface area contributed by atoms with Crippen LogP contribution in [0.2, 0.25) is 0 Å². The van der Waals surface area contributed by atoms with Crippen LogP contribution in [-0.2, 0) is 4.74 Å². The number of nitrogens with one attached hydrogen (secondary N) is 1. The molecule has 5 nitrogen and oxygen atoms in total. The number of hydrogen-bond donors (Lipinski definition) is 1. The SMILES string of the molecule is CN=C(NCC1CCN(C2CC2)C1)N1CCC(COC)C1.I. The summed E-state index contributed by atoms with van der Waals surface area (Å²) >= 11 is 0. The highest BCUT2D eigenvalue weighted by Crippen LogP contribution is 2.31. The molecule has 0 radical (unpaired) electrons. The standard InChI is InChI=1S/C16H30N4O.HI/c1-17-16(20-8-6-14(11-20)12-21-2)18-9-13-5-7-19(10-13)15-3-4-15;/h13-15H,3-12H2,1-2H3,(H,17,18);1H. The summed E-state index contributed by atoms with van der Waals surface area (Å²) in [5.74, 6) is 2.53. The van der Waals surface area contributed by atoms with Gasteiger partial charge in [0.2, 0.25) is 0 Å². The topological polar surface area (TPSA) is 40.1 Å². The molecule has 1 N–H and O–H groups in total. The minimum atomic E-state index is 0. The first-order valence-electron chi connectivity index (χ1n) is 8.48. The fraction of sp³-hybridized carbons (Fsp3) is 0.938. The second-order valence-corrected chi connectivity index (χ2v) is 6.86. The van der Waals surface area contributed by atoms with Gasteiger partial charge in [0.25, 0.3) is 0 Å². The molecule has 2 unspecified atom stereocenters. The predicted molar refractivity (Wildman–Crippen MR) is 101 cm³/mol. The number of likely N-dealkylation sites (tertiary alicyclic amines) is 2. The van der Waals surface area contributed by atoms with Gasteiger partial charge < -0.3 is 19.9 Å². The van der Waals surface area contributed by atoms with Crippen LogP contribution in [-0.4, -0.2) is 75.3 Å². The lowest BCUT2D eigenvalue weighted by molar-refractivity contribution is 0.157. The summed E-state index contributed by atoms with van der Waals surface area (Å²) in [4.78, 5) is 9.54. The van der Waals surface area contributed by atoms with Crippen LogP contribution in [0.1, 0.15) is 25.7 Å². The molecule has 128 valence electrons. The van der Waals surface area contributed by atoms with E-state index in [4.69, 9.17) is 4.74 Å². The van der Waals surface area contributed by atoms with E-state index < -0.39 is 0 Å². The summed E-state index contributed by atoms with van der Waals surface area (Å²) in [7, 11) is 3.69. The zero-order chi connectivity index (χ0) is 14.7. The van der Waals surface area contributed by atoms with Gasteiger partial charge in [-0.1, -0.05) is 0 Å². The van der Waals surface area contributed by atoms with Gasteiger partial charge in [0.1, 0.15) is 0 Å². The van der Waals surface area contributed by atoms with Gasteiger partial charge in [-0.05, 0) is 38.1 Å². The molecule has 0 amide bonds. The molecule has 3 aliphatic rings. The van der Waals surface area contributed by atoms with Gasteiger partial charge >= 0.3 is 0 Å². The van der Waals surface area contributed by atoms with E-state index in [2.05, 4.69) is 20.1 Å². The maximum atomic E-state index is 5.28. The molecule has 2 heterocycles. The molecule has 1 saturated carbocycles. The van der Waals surface area contributed by atoms with Crippen LogP contribution in [0.5, 0.6) is 0 Å². The van der Waals surface area contributed by atoms with E-state index in [0.717, 1.165) is 44.2 Å². The Morgan fingerprint density at radius 1 is 1.14 bits per heavy atom. The van der Waals surface area contributed by atoms with Crippen molar-refractivity contribution < 1.29 is 4.74 Å². The molecule has 0 spiro atoms. The van der Waals surface area contributed by atoms with E-state index in [0.29, 0.717) is 5.92 Å². The van der Waals surface area contributed by atoms with Crippen LogP contribution in [0.15, 0.2) is 4.99 Å². The highest BCUT2D eigenvalue weighted by molar-refractivity contribution is 14.0. The van der Waals surface area contributed by atoms with E-state index in [1.807, 2.05) is 7.05 Å². The first kappa shape index (κ1) is 18.3. The molecule has 0 aromatic carbocycles. The maximum absolute atomic E-state index is 5.28. The van der Waals surface area contributed by atoms with Crippen LogP contribution in [0, 0.1) is 11.8 Å². The minimum Gasteiger partial charge on any atom is -0.384 e. The summed E-state index contributed by atoms with van der Waals surface area (Å²) < 4.78 is 5.28. The Bertz CT molecular complexity index is 375. The van der Waals surface area contributed by atoms with E-state index in [1.165, 1.54) is 38.8 Å². The lowest BCUT2D eigenvalue weighted by Crippen LogP contribution is -2.42. The molecule has 6 heteroatoms. The van der Waals surface area contributed by atoms with Crippen LogP contribution in [0.3, 0.4) is 0 Å². The number of halogens is 1. The number of ether oxygens (including phenoxy) is 1. The van der Waals surface area contributed by atoms with Gasteiger partial charge in [-0.25, -0.2) is 0 Å². The normalized spacial score (nSPS) is 29.7. The average molecular weight is 422 g/mol. The van der Waals surface area contributed by atoms with Gasteiger partial charge in [-0.2, -0.15) is 0 Å². The number of rotatable bonds is 5. The van der Waals surface area contributed by atoms with E-state index in [1.54, 1.807) is 7.11 Å². The Kier molecular flexibility index (Phi) is 7.21. The molecule has 3 rings (SSSR count). The lowest BCUT2D eigenvalue weighted by atomic mass is 10.1. The van der Waals surface area contributed by atoms with Crippen LogP contribution < -0.4 is 5.32 Å². The molecule has 3 fully saturated rings. The van der Waals surface area contributed by atoms with E-state index in [9.17, 15) is 0 Å². The van der Waals surface area contributed by atoms with Gasteiger partial charge in [0.05, 0.1) is 6.61 Å². The van der Waals surface area contributed by atoms with Crippen LogP contribution in [0.4, 0.5) is 0 Å². The third-order valence-electron chi connectivity index (χ3n) is 5.13. The number of guanidine groups is 1. The van der Waals surface area contributed by atoms with Crippen molar-refractivity contribution in [2.24, 2.45) is 16.8 Å². The Hall–Kier alpha value is -0.0800. The van der Waals surface area contributed by atoms with Crippen molar-refractivity contribution in [3.8, 4) is 0 Å². The molecule has 2 aliphatic heterocycles. The van der Waals surface area contributed by atoms with Crippen LogP contribution in [0.25, 0.3) is 0 Å². The average Bonchev–Trinajstić information content (AvgIpc) is 3.06. The zero-order valence-electron chi connectivity index (χ0n) is 14.0. The molecular formula is C16H31IN4O. The molecular weight excluding hydrogens is 391 g/mol. The molecule has 0 aromatic rings. The summed E-state index contributed by atoms with van der Waals surface area (Å²) in [6.45, 7) is 6.70. The Balaban J connectivity index is 0.00000176. The molecule has 2 atom stereocenters. The Morgan fingerprint density at radius 2 is 1.91 bits per heavy atom. The monoisotopic (exact) mass is 422 g/mol. The molecule has 22 heavy (non-hydrogen) atoms. The summed E-state index contributed by atoms with van der Waals surface area (Å²) in [6, 6.07) is 0.919. The van der Waals surface area contributed by atoms with Gasteiger partial charge in [-0.15, -0.1) is 24.0 Å². The van der Waals surface area contributed by atoms with E-state index >= 15 is 0 Å². The Labute approximate surface area is 151 Å². The second kappa shape index (κ2) is 8.68. The maximum Gasteiger partial charge on any atom is 0.193 e. The fourth-order valence-electron chi connectivity index (χ4n) is 3.77. The zero-order valence-corrected chi connectivity index (χ0v) is 16.3. The van der Waals surface area contributed by atoms with Crippen molar-refractivity contribution >= 4 is 29.9 Å². The number of aliphatic imine (C=N–C) groups is 1. The minimum absolute atomic E-state index is 0. The fourth-order valence-corrected chi connectivity index (χ4v) is 3.77. The first-order chi connectivity index (χ1) is 10.3. The smallest absolute Gasteiger partial charge is 0.193 e. The van der Waals surface area contributed by atoms with E-state index in [-0.39, 0.29) is 24.0 Å². The molecule has 0 bridgehead atoms. The largest absolute Gasteiger partial charge is 0.384 e. The summed E-state index contributed by atoms with van der Waals surface area (Å²) in [6.07, 6.45) is 5.41. The quantitative estimate of drug-likeness (QED) is 0.416. The van der Waals surface area contributed by atoms with Crippen molar-refractivity contribution in [1.82, 2.24) is 15.1 Å². The van der Waals surface area contributed by atoms with Gasteiger partial charge in [0, 0.05) is 52.3 Å². The highest BCUT2D eigenvalue weighted by atomic mass is 127. The number of hydrogen-bond acceptors (Lipinski definition) is 3. The van der Waals surface area contributed by atoms with Crippen molar-refractivity contribution in [3.05, 3.63) is 0 Å². The summed E-state index contributed by atoms with van der Waals surface area (Å²) in [5, 5.41) is 3.60. The van der Waals surface area contributed by atoms with Gasteiger partial charge in [-0.3, -0.25) is 4.99 Å². The second-order valence-electron chi connectivity index (χ2n) is 6.86. The number of methoxy groups -OCH3 is 1. The third-order valence-corrected chi connectivity index (χ3v) is 5.13. The number of nitrogens with zero attached hydrogens (tertiary/aromatic N) is 3. The van der Waals surface area contributed by atoms with Crippen molar-refractivity contribution in [2.75, 3.05) is 53.5 Å². The highest BCUT2D eigenvalue weighted by Gasteiger charge is 2.34. The first-order valence-corrected chi connectivity index (χ1v) is 8.48. The predicted octanol–water partition coefficient (Wildman–Crippen LogP) is 1.63. The van der Waals surface area contributed by atoms with Gasteiger partial charge in [0.15, 0.2) is 5.96 Å². The van der Waals surface area contributed by atoms with Crippen molar-refractivity contribution in [2.45, 2.75) is 31.7 Å². The molecule has 0 aromatic heterocycles. The molecule has 2 saturated heterocycles. The molecule has 1 aliphatic carbocycles. The van der Waals surface area contributed by atoms with Crippen molar-refractivity contribution in [1.29, 1.82) is 0 Å². The Morgan fingerprint density at radius 3 is 2.59 bits per heavy atom.